The van der Waals surface area contributed by atoms with E-state index in [0.29, 0.717) is 5.92 Å². The van der Waals surface area contributed by atoms with Crippen LogP contribution in [0.3, 0.4) is 0 Å². The monoisotopic (exact) mass is 295 g/mol. The van der Waals surface area contributed by atoms with Crippen molar-refractivity contribution in [2.45, 2.75) is 45.1 Å². The van der Waals surface area contributed by atoms with E-state index in [-0.39, 0.29) is 11.7 Å². The van der Waals surface area contributed by atoms with Crippen molar-refractivity contribution < 1.29 is 18.8 Å². The molecule has 1 saturated carbocycles. The maximum Gasteiger partial charge on any atom is 0.345 e. The maximum absolute atomic E-state index is 13.2. The highest BCUT2D eigenvalue weighted by atomic mass is 19.1. The van der Waals surface area contributed by atoms with Crippen molar-refractivity contribution in [3.63, 3.8) is 0 Å². The number of ether oxygens (including phenoxy) is 1. The van der Waals surface area contributed by atoms with Gasteiger partial charge in [-0.1, -0.05) is 19.8 Å². The average Bonchev–Trinajstić information content (AvgIpc) is 2.47. The molecule has 0 spiro atoms. The van der Waals surface area contributed by atoms with Crippen LogP contribution in [0.2, 0.25) is 0 Å². The van der Waals surface area contributed by atoms with Gasteiger partial charge in [0, 0.05) is 6.07 Å². The Hall–Kier alpha value is -1.98. The van der Waals surface area contributed by atoms with E-state index in [1.165, 1.54) is 0 Å². The molecule has 21 heavy (non-hydrogen) atoms. The van der Waals surface area contributed by atoms with Crippen LogP contribution in [0.5, 0.6) is 0 Å². The molecule has 5 nitrogen and oxygen atoms in total. The molecule has 2 atom stereocenters. The number of halogens is 1. The Bertz CT molecular complexity index is 546. The van der Waals surface area contributed by atoms with Crippen molar-refractivity contribution >= 4 is 11.7 Å². The third-order valence-electron chi connectivity index (χ3n) is 3.96. The van der Waals surface area contributed by atoms with Gasteiger partial charge < -0.3 is 4.74 Å². The first-order valence-electron chi connectivity index (χ1n) is 7.16. The quantitative estimate of drug-likeness (QED) is 0.480. The van der Waals surface area contributed by atoms with Crippen LogP contribution in [0, 0.1) is 21.8 Å². The summed E-state index contributed by atoms with van der Waals surface area (Å²) in [5.41, 5.74) is -0.747. The van der Waals surface area contributed by atoms with Crippen LogP contribution in [-0.4, -0.2) is 17.0 Å². The summed E-state index contributed by atoms with van der Waals surface area (Å²) < 4.78 is 18.6. The predicted octanol–water partition coefficient (Wildman–Crippen LogP) is 3.86. The number of nitro benzene ring substituents is 1. The highest BCUT2D eigenvalue weighted by Crippen LogP contribution is 2.30. The topological polar surface area (TPSA) is 69.4 Å². The number of esters is 1. The molecule has 0 N–H and O–H groups in total. The molecule has 0 bridgehead atoms. The Morgan fingerprint density at radius 1 is 1.48 bits per heavy atom. The van der Waals surface area contributed by atoms with Crippen LogP contribution >= 0.6 is 0 Å². The first kappa shape index (κ1) is 15.4. The van der Waals surface area contributed by atoms with E-state index in [1.54, 1.807) is 0 Å². The number of hydrogen-bond acceptors (Lipinski definition) is 4. The van der Waals surface area contributed by atoms with Crippen LogP contribution < -0.4 is 0 Å². The lowest BCUT2D eigenvalue weighted by atomic mass is 9.85. The van der Waals surface area contributed by atoms with Gasteiger partial charge in [0.15, 0.2) is 0 Å². The van der Waals surface area contributed by atoms with Crippen molar-refractivity contribution in [2.75, 3.05) is 0 Å². The van der Waals surface area contributed by atoms with Gasteiger partial charge in [-0.05, 0) is 37.3 Å². The van der Waals surface area contributed by atoms with Gasteiger partial charge in [-0.25, -0.2) is 9.18 Å². The van der Waals surface area contributed by atoms with Gasteiger partial charge in [0.2, 0.25) is 0 Å². The van der Waals surface area contributed by atoms with E-state index < -0.39 is 22.4 Å². The molecular formula is C15H18FNO4. The third kappa shape index (κ3) is 3.77. The lowest BCUT2D eigenvalue weighted by Crippen LogP contribution is -2.25. The van der Waals surface area contributed by atoms with E-state index in [4.69, 9.17) is 4.74 Å². The van der Waals surface area contributed by atoms with Gasteiger partial charge in [-0.3, -0.25) is 10.1 Å². The van der Waals surface area contributed by atoms with Crippen molar-refractivity contribution in [1.29, 1.82) is 0 Å². The molecule has 1 fully saturated rings. The summed E-state index contributed by atoms with van der Waals surface area (Å²) in [5, 5.41) is 10.9. The zero-order valence-corrected chi connectivity index (χ0v) is 11.9. The Labute approximate surface area is 122 Å². The van der Waals surface area contributed by atoms with Gasteiger partial charge in [0.1, 0.15) is 17.5 Å². The Morgan fingerprint density at radius 3 is 2.90 bits per heavy atom. The fraction of sp³-hybridized carbons (Fsp3) is 0.533. The number of carbonyl (C=O) groups is 1. The standard InChI is InChI=1S/C15H18FNO4/c1-2-10-4-3-5-12(8-10)21-15(18)13-9-11(16)6-7-14(13)17(19)20/h6-7,9-10,12H,2-5,8H2,1H3. The molecule has 1 aromatic carbocycles. The molecule has 0 aliphatic heterocycles. The van der Waals surface area contributed by atoms with Crippen LogP contribution in [0.25, 0.3) is 0 Å². The Balaban J connectivity index is 2.13. The second kappa shape index (κ2) is 6.65. The van der Waals surface area contributed by atoms with E-state index in [2.05, 4.69) is 6.92 Å². The van der Waals surface area contributed by atoms with Gasteiger partial charge in [0.05, 0.1) is 4.92 Å². The van der Waals surface area contributed by atoms with Crippen LogP contribution in [0.4, 0.5) is 10.1 Å². The van der Waals surface area contributed by atoms with Crippen molar-refractivity contribution in [2.24, 2.45) is 5.92 Å². The highest BCUT2D eigenvalue weighted by molar-refractivity contribution is 5.94. The maximum atomic E-state index is 13.2. The second-order valence-electron chi connectivity index (χ2n) is 5.39. The van der Waals surface area contributed by atoms with Crippen molar-refractivity contribution in [3.8, 4) is 0 Å². The first-order valence-corrected chi connectivity index (χ1v) is 7.16. The fourth-order valence-electron chi connectivity index (χ4n) is 2.77. The summed E-state index contributed by atoms with van der Waals surface area (Å²) in [7, 11) is 0. The van der Waals surface area contributed by atoms with Crippen molar-refractivity contribution in [3.05, 3.63) is 39.7 Å². The molecule has 114 valence electrons. The molecule has 0 radical (unpaired) electrons. The zero-order valence-electron chi connectivity index (χ0n) is 11.9. The minimum atomic E-state index is -0.817. The van der Waals surface area contributed by atoms with Gasteiger partial charge >= 0.3 is 5.97 Å². The average molecular weight is 295 g/mol. The normalized spacial score (nSPS) is 21.8. The fourth-order valence-corrected chi connectivity index (χ4v) is 2.77. The number of nitrogens with zero attached hydrogens (tertiary/aromatic N) is 1. The second-order valence-corrected chi connectivity index (χ2v) is 5.39. The number of nitro groups is 1. The van der Waals surface area contributed by atoms with Gasteiger partial charge in [-0.15, -0.1) is 0 Å². The Morgan fingerprint density at radius 2 is 2.24 bits per heavy atom. The van der Waals surface area contributed by atoms with Gasteiger partial charge in [0.25, 0.3) is 5.69 Å². The summed E-state index contributed by atoms with van der Waals surface area (Å²) in [6.45, 7) is 2.09. The molecule has 1 aliphatic carbocycles. The molecule has 0 aromatic heterocycles. The number of carbonyl (C=O) groups excluding carboxylic acids is 1. The zero-order chi connectivity index (χ0) is 15.4. The molecule has 1 aliphatic rings. The summed E-state index contributed by atoms with van der Waals surface area (Å²) >= 11 is 0. The van der Waals surface area contributed by atoms with Crippen LogP contribution in [-0.2, 0) is 4.74 Å². The molecule has 0 heterocycles. The van der Waals surface area contributed by atoms with E-state index >= 15 is 0 Å². The highest BCUT2D eigenvalue weighted by Gasteiger charge is 2.28. The summed E-state index contributed by atoms with van der Waals surface area (Å²) in [6, 6.07) is 2.81. The largest absolute Gasteiger partial charge is 0.459 e. The lowest BCUT2D eigenvalue weighted by molar-refractivity contribution is -0.385. The number of benzene rings is 1. The van der Waals surface area contributed by atoms with Crippen LogP contribution in [0.15, 0.2) is 18.2 Å². The first-order chi connectivity index (χ1) is 10.0. The molecule has 0 saturated heterocycles. The minimum absolute atomic E-state index is 0.237. The molecule has 6 heteroatoms. The van der Waals surface area contributed by atoms with E-state index in [0.717, 1.165) is 50.3 Å². The molecule has 2 rings (SSSR count). The number of rotatable bonds is 4. The lowest BCUT2D eigenvalue weighted by Gasteiger charge is -2.28. The summed E-state index contributed by atoms with van der Waals surface area (Å²) in [4.78, 5) is 22.3. The Kier molecular flexibility index (Phi) is 4.88. The third-order valence-corrected chi connectivity index (χ3v) is 3.96. The molecule has 2 unspecified atom stereocenters. The smallest absolute Gasteiger partial charge is 0.345 e. The minimum Gasteiger partial charge on any atom is -0.459 e. The predicted molar refractivity (Wildman–Crippen MR) is 74.5 cm³/mol. The molecule has 1 aromatic rings. The SMILES string of the molecule is CCC1CCCC(OC(=O)c2cc(F)ccc2[N+](=O)[O-])C1. The molecular weight excluding hydrogens is 277 g/mol. The van der Waals surface area contributed by atoms with E-state index in [9.17, 15) is 19.3 Å². The van der Waals surface area contributed by atoms with Crippen molar-refractivity contribution in [1.82, 2.24) is 0 Å². The summed E-state index contributed by atoms with van der Waals surface area (Å²) in [5.74, 6) is -0.996. The summed E-state index contributed by atoms with van der Waals surface area (Å²) in [6.07, 6.45) is 4.40. The number of hydrogen-bond donors (Lipinski definition) is 0. The van der Waals surface area contributed by atoms with Crippen LogP contribution in [0.1, 0.15) is 49.4 Å². The van der Waals surface area contributed by atoms with E-state index in [1.807, 2.05) is 0 Å². The van der Waals surface area contributed by atoms with Gasteiger partial charge in [-0.2, -0.15) is 0 Å². The molecule has 0 amide bonds.